The van der Waals surface area contributed by atoms with Gasteiger partial charge in [0, 0.05) is 31.0 Å². The normalized spacial score (nSPS) is 10.0. The summed E-state index contributed by atoms with van der Waals surface area (Å²) in [7, 11) is 0. The Bertz CT molecular complexity index is 561. The van der Waals surface area contributed by atoms with E-state index in [0.717, 1.165) is 5.56 Å². The molecule has 1 heterocycles. The Hall–Kier alpha value is -2.25. The lowest BCUT2D eigenvalue weighted by Crippen LogP contribution is -2.14. The topological polar surface area (TPSA) is 48.7 Å². The van der Waals surface area contributed by atoms with Crippen molar-refractivity contribution in [2.75, 3.05) is 0 Å². The molecule has 1 aromatic carbocycles. The maximum atomic E-state index is 13.7. The fourth-order valence-electron chi connectivity index (χ4n) is 1.64. The van der Waals surface area contributed by atoms with E-state index in [9.17, 15) is 4.39 Å². The molecule has 0 spiro atoms. The summed E-state index contributed by atoms with van der Waals surface area (Å²) in [5.74, 6) is -0.442. The van der Waals surface area contributed by atoms with Gasteiger partial charge in [-0.2, -0.15) is 5.26 Å². The Morgan fingerprint density at radius 2 is 1.94 bits per heavy atom. The molecule has 0 fully saturated rings. The van der Waals surface area contributed by atoms with Crippen molar-refractivity contribution in [2.24, 2.45) is 0 Å². The summed E-state index contributed by atoms with van der Waals surface area (Å²) in [4.78, 5) is 3.92. The van der Waals surface area contributed by atoms with Crippen LogP contribution >= 0.6 is 0 Å². The van der Waals surface area contributed by atoms with Crippen LogP contribution in [0.5, 0.6) is 0 Å². The molecule has 0 radical (unpaired) electrons. The molecule has 4 heteroatoms. The Morgan fingerprint density at radius 1 is 1.17 bits per heavy atom. The lowest BCUT2D eigenvalue weighted by molar-refractivity contribution is 0.585. The number of pyridine rings is 1. The fraction of sp³-hybridized carbons (Fsp3) is 0.143. The van der Waals surface area contributed by atoms with E-state index in [1.165, 1.54) is 6.07 Å². The third kappa shape index (κ3) is 2.90. The van der Waals surface area contributed by atoms with Crippen molar-refractivity contribution in [1.82, 2.24) is 10.3 Å². The van der Waals surface area contributed by atoms with Gasteiger partial charge >= 0.3 is 0 Å². The van der Waals surface area contributed by atoms with Gasteiger partial charge in [0.1, 0.15) is 11.9 Å². The highest BCUT2D eigenvalue weighted by molar-refractivity contribution is 5.34. The van der Waals surface area contributed by atoms with E-state index in [0.29, 0.717) is 18.7 Å². The maximum absolute atomic E-state index is 13.7. The molecule has 0 bridgehead atoms. The lowest BCUT2D eigenvalue weighted by atomic mass is 10.1. The molecule has 0 saturated heterocycles. The summed E-state index contributed by atoms with van der Waals surface area (Å²) in [5.41, 5.74) is 1.67. The summed E-state index contributed by atoms with van der Waals surface area (Å²) < 4.78 is 13.7. The van der Waals surface area contributed by atoms with E-state index in [1.54, 1.807) is 24.5 Å². The van der Waals surface area contributed by atoms with Gasteiger partial charge in [0.2, 0.25) is 0 Å². The van der Waals surface area contributed by atoms with E-state index in [-0.39, 0.29) is 5.56 Å². The van der Waals surface area contributed by atoms with E-state index >= 15 is 0 Å². The van der Waals surface area contributed by atoms with Crippen LogP contribution < -0.4 is 5.32 Å². The minimum Gasteiger partial charge on any atom is -0.309 e. The van der Waals surface area contributed by atoms with E-state index < -0.39 is 5.82 Å². The zero-order chi connectivity index (χ0) is 12.8. The molecule has 1 aromatic heterocycles. The molecule has 0 atom stereocenters. The van der Waals surface area contributed by atoms with E-state index in [1.807, 2.05) is 18.2 Å². The first-order valence-corrected chi connectivity index (χ1v) is 5.58. The third-order valence-electron chi connectivity index (χ3n) is 2.59. The summed E-state index contributed by atoms with van der Waals surface area (Å²) in [6.45, 7) is 1.03. The first kappa shape index (κ1) is 12.2. The van der Waals surface area contributed by atoms with Crippen LogP contribution in [0.4, 0.5) is 4.39 Å². The van der Waals surface area contributed by atoms with Gasteiger partial charge < -0.3 is 5.32 Å². The van der Waals surface area contributed by atoms with Gasteiger partial charge in [-0.3, -0.25) is 4.98 Å². The molecule has 3 nitrogen and oxygen atoms in total. The van der Waals surface area contributed by atoms with Crippen molar-refractivity contribution in [3.8, 4) is 6.07 Å². The Labute approximate surface area is 105 Å². The van der Waals surface area contributed by atoms with Gasteiger partial charge in [-0.1, -0.05) is 12.1 Å². The summed E-state index contributed by atoms with van der Waals surface area (Å²) in [5, 5.41) is 11.9. The van der Waals surface area contributed by atoms with Gasteiger partial charge in [0.15, 0.2) is 0 Å². The SMILES string of the molecule is N#Cc1cccc(CNCc2ccncc2)c1F. The lowest BCUT2D eigenvalue weighted by Gasteiger charge is -2.06. The number of rotatable bonds is 4. The number of halogens is 1. The van der Waals surface area contributed by atoms with Crippen LogP contribution in [-0.2, 0) is 13.1 Å². The number of hydrogen-bond donors (Lipinski definition) is 1. The van der Waals surface area contributed by atoms with Gasteiger partial charge in [-0.25, -0.2) is 4.39 Å². The molecule has 0 unspecified atom stereocenters. The van der Waals surface area contributed by atoms with Crippen LogP contribution in [0, 0.1) is 17.1 Å². The van der Waals surface area contributed by atoms with Gasteiger partial charge in [-0.05, 0) is 23.8 Å². The highest BCUT2D eigenvalue weighted by Gasteiger charge is 2.06. The highest BCUT2D eigenvalue weighted by atomic mass is 19.1. The molecule has 18 heavy (non-hydrogen) atoms. The number of nitrogens with zero attached hydrogens (tertiary/aromatic N) is 2. The van der Waals surface area contributed by atoms with Crippen molar-refractivity contribution in [2.45, 2.75) is 13.1 Å². The Morgan fingerprint density at radius 3 is 2.67 bits per heavy atom. The van der Waals surface area contributed by atoms with Crippen LogP contribution in [-0.4, -0.2) is 4.98 Å². The molecule has 1 N–H and O–H groups in total. The van der Waals surface area contributed by atoms with E-state index in [2.05, 4.69) is 10.3 Å². The second-order valence-electron chi connectivity index (χ2n) is 3.85. The number of benzene rings is 1. The highest BCUT2D eigenvalue weighted by Crippen LogP contribution is 2.11. The standard InChI is InChI=1S/C14H12FN3/c15-14-12(8-16)2-1-3-13(14)10-18-9-11-4-6-17-7-5-11/h1-7,18H,9-10H2. The molecule has 2 rings (SSSR count). The molecular weight excluding hydrogens is 229 g/mol. The summed E-state index contributed by atoms with van der Waals surface area (Å²) in [6.07, 6.45) is 3.43. The smallest absolute Gasteiger partial charge is 0.145 e. The van der Waals surface area contributed by atoms with Crippen molar-refractivity contribution < 1.29 is 4.39 Å². The maximum Gasteiger partial charge on any atom is 0.145 e. The monoisotopic (exact) mass is 241 g/mol. The van der Waals surface area contributed by atoms with Crippen molar-refractivity contribution in [3.63, 3.8) is 0 Å². The average molecular weight is 241 g/mol. The average Bonchev–Trinajstić information content (AvgIpc) is 2.42. The number of nitrogens with one attached hydrogen (secondary N) is 1. The number of nitriles is 1. The fourth-order valence-corrected chi connectivity index (χ4v) is 1.64. The van der Waals surface area contributed by atoms with Crippen LogP contribution in [0.3, 0.4) is 0 Å². The van der Waals surface area contributed by atoms with Crippen LogP contribution in [0.25, 0.3) is 0 Å². The van der Waals surface area contributed by atoms with Crippen LogP contribution in [0.2, 0.25) is 0 Å². The molecule has 0 aliphatic carbocycles. The Balaban J connectivity index is 1.97. The van der Waals surface area contributed by atoms with Gasteiger partial charge in [0.25, 0.3) is 0 Å². The van der Waals surface area contributed by atoms with Crippen LogP contribution in [0.15, 0.2) is 42.7 Å². The summed E-state index contributed by atoms with van der Waals surface area (Å²) in [6, 6.07) is 10.5. The molecule has 0 aliphatic heterocycles. The molecule has 2 aromatic rings. The predicted molar refractivity (Wildman–Crippen MR) is 65.9 cm³/mol. The molecular formula is C14H12FN3. The molecule has 0 saturated carbocycles. The van der Waals surface area contributed by atoms with Gasteiger partial charge in [-0.15, -0.1) is 0 Å². The quantitative estimate of drug-likeness (QED) is 0.894. The molecule has 0 aliphatic rings. The van der Waals surface area contributed by atoms with Crippen molar-refractivity contribution in [3.05, 3.63) is 65.2 Å². The first-order valence-electron chi connectivity index (χ1n) is 5.58. The van der Waals surface area contributed by atoms with Crippen molar-refractivity contribution in [1.29, 1.82) is 5.26 Å². The zero-order valence-electron chi connectivity index (χ0n) is 9.73. The van der Waals surface area contributed by atoms with E-state index in [4.69, 9.17) is 5.26 Å². The van der Waals surface area contributed by atoms with Gasteiger partial charge in [0.05, 0.1) is 5.56 Å². The number of hydrogen-bond acceptors (Lipinski definition) is 3. The molecule has 0 amide bonds. The van der Waals surface area contributed by atoms with Crippen LogP contribution in [0.1, 0.15) is 16.7 Å². The summed E-state index contributed by atoms with van der Waals surface area (Å²) >= 11 is 0. The second kappa shape index (κ2) is 5.89. The third-order valence-corrected chi connectivity index (χ3v) is 2.59. The minimum absolute atomic E-state index is 0.0817. The minimum atomic E-state index is -0.442. The zero-order valence-corrected chi connectivity index (χ0v) is 9.73. The Kier molecular flexibility index (Phi) is 4.00. The predicted octanol–water partition coefficient (Wildman–Crippen LogP) is 2.38. The van der Waals surface area contributed by atoms with Crippen molar-refractivity contribution >= 4 is 0 Å². The second-order valence-corrected chi connectivity index (χ2v) is 3.85. The largest absolute Gasteiger partial charge is 0.309 e. The molecule has 90 valence electrons. The first-order chi connectivity index (χ1) is 8.81. The number of aromatic nitrogens is 1.